The van der Waals surface area contributed by atoms with Crippen LogP contribution in [-0.2, 0) is 9.53 Å². The predicted molar refractivity (Wildman–Crippen MR) is 63.8 cm³/mol. The summed E-state index contributed by atoms with van der Waals surface area (Å²) in [5, 5.41) is 3.07. The van der Waals surface area contributed by atoms with Crippen LogP contribution < -0.4 is 10.1 Å². The van der Waals surface area contributed by atoms with E-state index >= 15 is 0 Å². The van der Waals surface area contributed by atoms with Crippen molar-refractivity contribution in [2.45, 2.75) is 19.9 Å². The molecule has 0 aliphatic heterocycles. The number of nitrogens with zero attached hydrogens (tertiary/aromatic N) is 1. The fraction of sp³-hybridized carbons (Fsp3) is 0.500. The maximum Gasteiger partial charge on any atom is 0.327 e. The summed E-state index contributed by atoms with van der Waals surface area (Å²) >= 11 is 0. The van der Waals surface area contributed by atoms with Gasteiger partial charge in [0.2, 0.25) is 5.88 Å². The second-order valence-corrected chi connectivity index (χ2v) is 3.38. The summed E-state index contributed by atoms with van der Waals surface area (Å²) in [4.78, 5) is 15.8. The number of ether oxygens (including phenoxy) is 2. The summed E-state index contributed by atoms with van der Waals surface area (Å²) in [5.41, 5.74) is 0.770. The quantitative estimate of drug-likeness (QED) is 0.757. The van der Waals surface area contributed by atoms with E-state index in [1.807, 2.05) is 6.92 Å². The minimum Gasteiger partial charge on any atom is -0.481 e. The van der Waals surface area contributed by atoms with Crippen LogP contribution in [0.2, 0.25) is 0 Å². The molecule has 0 aromatic carbocycles. The molecule has 1 aromatic heterocycles. The number of esters is 1. The normalized spacial score (nSPS) is 11.9. The first-order valence-corrected chi connectivity index (χ1v) is 5.62. The molecule has 0 aliphatic rings. The zero-order chi connectivity index (χ0) is 12.7. The predicted octanol–water partition coefficient (Wildman–Crippen LogP) is 1.30. The van der Waals surface area contributed by atoms with E-state index in [4.69, 9.17) is 9.47 Å². The van der Waals surface area contributed by atoms with Gasteiger partial charge in [0, 0.05) is 12.3 Å². The number of rotatable bonds is 6. The molecule has 0 radical (unpaired) electrons. The van der Waals surface area contributed by atoms with E-state index in [0.717, 1.165) is 5.56 Å². The Kier molecular flexibility index (Phi) is 5.42. The van der Waals surface area contributed by atoms with Crippen LogP contribution in [-0.4, -0.2) is 31.2 Å². The van der Waals surface area contributed by atoms with E-state index in [9.17, 15) is 4.79 Å². The van der Waals surface area contributed by atoms with Gasteiger partial charge in [-0.25, -0.2) is 9.78 Å². The Balaban J connectivity index is 2.84. The summed E-state index contributed by atoms with van der Waals surface area (Å²) in [6.45, 7) is 4.76. The third-order valence-electron chi connectivity index (χ3n) is 2.23. The lowest BCUT2D eigenvalue weighted by Crippen LogP contribution is -2.30. The number of carbonyl (C=O) groups excluding carboxylic acids is 1. The first-order valence-electron chi connectivity index (χ1n) is 5.62. The highest BCUT2D eigenvalue weighted by molar-refractivity contribution is 5.77. The van der Waals surface area contributed by atoms with Crippen molar-refractivity contribution in [3.8, 4) is 5.88 Å². The molecule has 1 atom stereocenters. The molecule has 0 saturated carbocycles. The molecule has 17 heavy (non-hydrogen) atoms. The molecule has 0 amide bonds. The maximum atomic E-state index is 11.7. The van der Waals surface area contributed by atoms with Gasteiger partial charge in [-0.2, -0.15) is 0 Å². The highest BCUT2D eigenvalue weighted by atomic mass is 16.5. The molecule has 5 heteroatoms. The van der Waals surface area contributed by atoms with Crippen LogP contribution in [0.25, 0.3) is 0 Å². The molecule has 1 N–H and O–H groups in total. The first kappa shape index (κ1) is 13.4. The third kappa shape index (κ3) is 3.71. The van der Waals surface area contributed by atoms with Gasteiger partial charge in [-0.05, 0) is 25.1 Å². The molecular formula is C12H18N2O3. The molecule has 1 rings (SSSR count). The third-order valence-corrected chi connectivity index (χ3v) is 2.23. The molecule has 5 nitrogen and oxygen atoms in total. The molecule has 1 aromatic rings. The lowest BCUT2D eigenvalue weighted by molar-refractivity contribution is -0.145. The van der Waals surface area contributed by atoms with Crippen molar-refractivity contribution in [3.63, 3.8) is 0 Å². The van der Waals surface area contributed by atoms with E-state index in [1.165, 1.54) is 0 Å². The van der Waals surface area contributed by atoms with Crippen molar-refractivity contribution in [2.75, 3.05) is 20.3 Å². The monoisotopic (exact) mass is 238 g/mol. The van der Waals surface area contributed by atoms with Gasteiger partial charge in [-0.3, -0.25) is 0 Å². The van der Waals surface area contributed by atoms with Crippen molar-refractivity contribution < 1.29 is 14.3 Å². The number of pyridine rings is 1. The molecule has 1 unspecified atom stereocenters. The van der Waals surface area contributed by atoms with Gasteiger partial charge in [-0.1, -0.05) is 6.92 Å². The molecule has 0 spiro atoms. The lowest BCUT2D eigenvalue weighted by atomic mass is 10.1. The number of hydrogen-bond acceptors (Lipinski definition) is 5. The van der Waals surface area contributed by atoms with Crippen molar-refractivity contribution >= 4 is 5.97 Å². The SMILES string of the molecule is CCNC(C(=O)OCC)c1ccc(OC)nc1. The van der Waals surface area contributed by atoms with E-state index in [1.54, 1.807) is 32.4 Å². The van der Waals surface area contributed by atoms with Crippen LogP contribution in [0, 0.1) is 0 Å². The number of likely N-dealkylation sites (N-methyl/N-ethyl adjacent to an activating group) is 1. The Morgan fingerprint density at radius 1 is 1.47 bits per heavy atom. The molecule has 0 bridgehead atoms. The second-order valence-electron chi connectivity index (χ2n) is 3.38. The average Bonchev–Trinajstić information content (AvgIpc) is 2.36. The van der Waals surface area contributed by atoms with E-state index in [-0.39, 0.29) is 5.97 Å². The molecule has 0 fully saturated rings. The van der Waals surface area contributed by atoms with Gasteiger partial charge >= 0.3 is 5.97 Å². The lowest BCUT2D eigenvalue weighted by Gasteiger charge is -2.16. The number of aromatic nitrogens is 1. The summed E-state index contributed by atoms with van der Waals surface area (Å²) < 4.78 is 9.98. The number of carbonyl (C=O) groups is 1. The van der Waals surface area contributed by atoms with Crippen LogP contribution in [0.3, 0.4) is 0 Å². The topological polar surface area (TPSA) is 60.5 Å². The van der Waals surface area contributed by atoms with Crippen molar-refractivity contribution in [3.05, 3.63) is 23.9 Å². The molecule has 0 aliphatic carbocycles. The van der Waals surface area contributed by atoms with Gasteiger partial charge in [0.25, 0.3) is 0 Å². The smallest absolute Gasteiger partial charge is 0.327 e. The number of nitrogens with one attached hydrogen (secondary N) is 1. The summed E-state index contributed by atoms with van der Waals surface area (Å²) in [6.07, 6.45) is 1.61. The standard InChI is InChI=1S/C12H18N2O3/c1-4-13-11(12(15)17-5-2)9-6-7-10(16-3)14-8-9/h6-8,11,13H,4-5H2,1-3H3. The zero-order valence-corrected chi connectivity index (χ0v) is 10.4. The highest BCUT2D eigenvalue weighted by Gasteiger charge is 2.20. The Labute approximate surface area is 101 Å². The Hall–Kier alpha value is -1.62. The van der Waals surface area contributed by atoms with Gasteiger partial charge < -0.3 is 14.8 Å². The summed E-state index contributed by atoms with van der Waals surface area (Å²) in [6, 6.07) is 3.05. The zero-order valence-electron chi connectivity index (χ0n) is 10.4. The van der Waals surface area contributed by atoms with Crippen LogP contribution in [0.1, 0.15) is 25.5 Å². The minimum absolute atomic E-state index is 0.290. The van der Waals surface area contributed by atoms with Crippen LogP contribution >= 0.6 is 0 Å². The van der Waals surface area contributed by atoms with Gasteiger partial charge in [-0.15, -0.1) is 0 Å². The number of hydrogen-bond donors (Lipinski definition) is 1. The van der Waals surface area contributed by atoms with E-state index in [0.29, 0.717) is 19.0 Å². The fourth-order valence-corrected chi connectivity index (χ4v) is 1.45. The van der Waals surface area contributed by atoms with Gasteiger partial charge in [0.1, 0.15) is 6.04 Å². The Bertz CT molecular complexity index is 351. The van der Waals surface area contributed by atoms with Gasteiger partial charge in [0.05, 0.1) is 13.7 Å². The van der Waals surface area contributed by atoms with Crippen molar-refractivity contribution in [2.24, 2.45) is 0 Å². The van der Waals surface area contributed by atoms with Gasteiger partial charge in [0.15, 0.2) is 0 Å². The van der Waals surface area contributed by atoms with Crippen LogP contribution in [0.15, 0.2) is 18.3 Å². The number of methoxy groups -OCH3 is 1. The Morgan fingerprint density at radius 3 is 2.71 bits per heavy atom. The Morgan fingerprint density at radius 2 is 2.24 bits per heavy atom. The first-order chi connectivity index (χ1) is 8.22. The van der Waals surface area contributed by atoms with E-state index in [2.05, 4.69) is 10.3 Å². The largest absolute Gasteiger partial charge is 0.481 e. The van der Waals surface area contributed by atoms with E-state index < -0.39 is 6.04 Å². The summed E-state index contributed by atoms with van der Waals surface area (Å²) in [5.74, 6) is 0.231. The van der Waals surface area contributed by atoms with Crippen molar-refractivity contribution in [1.82, 2.24) is 10.3 Å². The van der Waals surface area contributed by atoms with Crippen LogP contribution in [0.4, 0.5) is 0 Å². The average molecular weight is 238 g/mol. The molecule has 0 saturated heterocycles. The maximum absolute atomic E-state index is 11.7. The highest BCUT2D eigenvalue weighted by Crippen LogP contribution is 2.16. The van der Waals surface area contributed by atoms with Crippen LogP contribution in [0.5, 0.6) is 5.88 Å². The van der Waals surface area contributed by atoms with Crippen molar-refractivity contribution in [1.29, 1.82) is 0 Å². The minimum atomic E-state index is -0.474. The second kappa shape index (κ2) is 6.85. The molecular weight excluding hydrogens is 220 g/mol. The fourth-order valence-electron chi connectivity index (χ4n) is 1.45. The summed E-state index contributed by atoms with van der Waals surface area (Å²) in [7, 11) is 1.55. The molecule has 1 heterocycles. The molecule has 94 valence electrons.